The van der Waals surface area contributed by atoms with E-state index in [9.17, 15) is 19.1 Å². The van der Waals surface area contributed by atoms with Crippen molar-refractivity contribution in [2.75, 3.05) is 6.54 Å². The SMILES string of the molecule is CC1CC(c2ccccc2F)N(C(=O)CCc2ccccc2C(=O)O)C1. The lowest BCUT2D eigenvalue weighted by atomic mass is 10.00. The van der Waals surface area contributed by atoms with E-state index in [0.717, 1.165) is 6.42 Å². The summed E-state index contributed by atoms with van der Waals surface area (Å²) in [4.78, 5) is 25.8. The number of carboxylic acids is 1. The summed E-state index contributed by atoms with van der Waals surface area (Å²) < 4.78 is 14.2. The van der Waals surface area contributed by atoms with Crippen LogP contribution in [0.4, 0.5) is 4.39 Å². The minimum absolute atomic E-state index is 0.0669. The van der Waals surface area contributed by atoms with Crippen LogP contribution in [0.2, 0.25) is 0 Å². The Bertz CT molecular complexity index is 820. The highest BCUT2D eigenvalue weighted by Gasteiger charge is 2.35. The van der Waals surface area contributed by atoms with Crippen LogP contribution in [0, 0.1) is 11.7 Å². The Hall–Kier alpha value is -2.69. The third-order valence-electron chi connectivity index (χ3n) is 4.95. The van der Waals surface area contributed by atoms with E-state index in [1.54, 1.807) is 47.4 Å². The van der Waals surface area contributed by atoms with Crippen molar-refractivity contribution in [3.8, 4) is 0 Å². The van der Waals surface area contributed by atoms with Crippen molar-refractivity contribution in [2.24, 2.45) is 5.92 Å². The molecule has 0 spiro atoms. The zero-order chi connectivity index (χ0) is 18.7. The van der Waals surface area contributed by atoms with Crippen LogP contribution in [0.15, 0.2) is 48.5 Å². The average Bonchev–Trinajstić information content (AvgIpc) is 3.02. The van der Waals surface area contributed by atoms with Crippen molar-refractivity contribution in [1.82, 2.24) is 4.90 Å². The molecule has 0 aliphatic carbocycles. The fraction of sp³-hybridized carbons (Fsp3) is 0.333. The van der Waals surface area contributed by atoms with Gasteiger partial charge in [0.05, 0.1) is 11.6 Å². The Balaban J connectivity index is 1.75. The van der Waals surface area contributed by atoms with Crippen molar-refractivity contribution >= 4 is 11.9 Å². The normalized spacial score (nSPS) is 19.5. The lowest BCUT2D eigenvalue weighted by Crippen LogP contribution is -2.31. The van der Waals surface area contributed by atoms with Gasteiger partial charge in [0.2, 0.25) is 5.91 Å². The Morgan fingerprint density at radius 1 is 1.15 bits per heavy atom. The molecule has 136 valence electrons. The van der Waals surface area contributed by atoms with Crippen molar-refractivity contribution in [1.29, 1.82) is 0 Å². The number of aryl methyl sites for hydroxylation is 1. The molecule has 1 saturated heterocycles. The summed E-state index contributed by atoms with van der Waals surface area (Å²) in [7, 11) is 0. The molecule has 0 saturated carbocycles. The lowest BCUT2D eigenvalue weighted by molar-refractivity contribution is -0.132. The first kappa shape index (κ1) is 18.1. The quantitative estimate of drug-likeness (QED) is 0.880. The van der Waals surface area contributed by atoms with E-state index in [1.807, 2.05) is 0 Å². The van der Waals surface area contributed by atoms with Gasteiger partial charge in [0.1, 0.15) is 5.82 Å². The molecule has 3 rings (SSSR count). The monoisotopic (exact) mass is 355 g/mol. The highest BCUT2D eigenvalue weighted by molar-refractivity contribution is 5.89. The number of aromatic carboxylic acids is 1. The molecule has 5 heteroatoms. The first-order chi connectivity index (χ1) is 12.5. The number of nitrogens with zero attached hydrogens (tertiary/aromatic N) is 1. The molecular weight excluding hydrogens is 333 g/mol. The molecule has 4 nitrogen and oxygen atoms in total. The Morgan fingerprint density at radius 3 is 2.58 bits per heavy atom. The molecule has 2 atom stereocenters. The minimum Gasteiger partial charge on any atom is -0.478 e. The number of halogens is 1. The molecule has 1 fully saturated rings. The van der Waals surface area contributed by atoms with E-state index in [2.05, 4.69) is 6.92 Å². The van der Waals surface area contributed by atoms with E-state index in [0.29, 0.717) is 30.0 Å². The summed E-state index contributed by atoms with van der Waals surface area (Å²) in [5, 5.41) is 9.26. The summed E-state index contributed by atoms with van der Waals surface area (Å²) in [6.07, 6.45) is 1.30. The maximum absolute atomic E-state index is 14.2. The molecule has 1 aliphatic heterocycles. The van der Waals surface area contributed by atoms with Gasteiger partial charge < -0.3 is 10.0 Å². The molecule has 2 unspecified atom stereocenters. The average molecular weight is 355 g/mol. The van der Waals surface area contributed by atoms with Gasteiger partial charge in [-0.15, -0.1) is 0 Å². The predicted octanol–water partition coefficient (Wildman–Crippen LogP) is 4.07. The van der Waals surface area contributed by atoms with Gasteiger partial charge in [0, 0.05) is 18.5 Å². The highest BCUT2D eigenvalue weighted by atomic mass is 19.1. The van der Waals surface area contributed by atoms with Crippen molar-refractivity contribution < 1.29 is 19.1 Å². The van der Waals surface area contributed by atoms with Crippen molar-refractivity contribution in [3.05, 3.63) is 71.0 Å². The summed E-state index contributed by atoms with van der Waals surface area (Å²) in [6.45, 7) is 2.65. The Kier molecular flexibility index (Phi) is 5.35. The smallest absolute Gasteiger partial charge is 0.335 e. The molecule has 2 aromatic carbocycles. The number of carbonyl (C=O) groups is 2. The van der Waals surface area contributed by atoms with E-state index in [-0.39, 0.29) is 29.8 Å². The number of carboxylic acid groups (broad SMARTS) is 1. The van der Waals surface area contributed by atoms with E-state index >= 15 is 0 Å². The van der Waals surface area contributed by atoms with Gasteiger partial charge in [-0.3, -0.25) is 4.79 Å². The fourth-order valence-electron chi connectivity index (χ4n) is 3.69. The predicted molar refractivity (Wildman–Crippen MR) is 96.4 cm³/mol. The highest BCUT2D eigenvalue weighted by Crippen LogP contribution is 2.36. The topological polar surface area (TPSA) is 57.6 Å². The van der Waals surface area contributed by atoms with Crippen LogP contribution in [0.25, 0.3) is 0 Å². The molecule has 0 radical (unpaired) electrons. The maximum Gasteiger partial charge on any atom is 0.335 e. The lowest BCUT2D eigenvalue weighted by Gasteiger charge is -2.25. The molecule has 0 aromatic heterocycles. The first-order valence-corrected chi connectivity index (χ1v) is 8.82. The zero-order valence-electron chi connectivity index (χ0n) is 14.7. The van der Waals surface area contributed by atoms with Gasteiger partial charge in [-0.25, -0.2) is 9.18 Å². The Labute approximate surface area is 152 Å². The van der Waals surface area contributed by atoms with Crippen LogP contribution in [-0.2, 0) is 11.2 Å². The standard InChI is InChI=1S/C21H22FNO3/c1-14-12-19(17-8-4-5-9-18(17)22)23(13-14)20(24)11-10-15-6-2-3-7-16(15)21(25)26/h2-9,14,19H,10-13H2,1H3,(H,25,26). The van der Waals surface area contributed by atoms with Gasteiger partial charge in [0.15, 0.2) is 0 Å². The summed E-state index contributed by atoms with van der Waals surface area (Å²) >= 11 is 0. The second-order valence-corrected chi connectivity index (χ2v) is 6.89. The summed E-state index contributed by atoms with van der Waals surface area (Å²) in [6, 6.07) is 13.0. The Morgan fingerprint density at radius 2 is 1.85 bits per heavy atom. The number of hydrogen-bond acceptors (Lipinski definition) is 2. The minimum atomic E-state index is -0.993. The molecule has 1 heterocycles. The number of likely N-dealkylation sites (tertiary alicyclic amines) is 1. The van der Waals surface area contributed by atoms with E-state index in [4.69, 9.17) is 0 Å². The van der Waals surface area contributed by atoms with Crippen molar-refractivity contribution in [3.63, 3.8) is 0 Å². The number of hydrogen-bond donors (Lipinski definition) is 1. The van der Waals surface area contributed by atoms with E-state index in [1.165, 1.54) is 6.07 Å². The largest absolute Gasteiger partial charge is 0.478 e. The third kappa shape index (κ3) is 3.77. The fourth-order valence-corrected chi connectivity index (χ4v) is 3.69. The number of rotatable bonds is 5. The molecular formula is C21H22FNO3. The maximum atomic E-state index is 14.2. The molecule has 26 heavy (non-hydrogen) atoms. The second-order valence-electron chi connectivity index (χ2n) is 6.89. The zero-order valence-corrected chi connectivity index (χ0v) is 14.7. The number of carbonyl (C=O) groups excluding carboxylic acids is 1. The van der Waals surface area contributed by atoms with Crippen LogP contribution in [-0.4, -0.2) is 28.4 Å². The van der Waals surface area contributed by atoms with Gasteiger partial charge in [0.25, 0.3) is 0 Å². The van der Waals surface area contributed by atoms with Gasteiger partial charge >= 0.3 is 5.97 Å². The first-order valence-electron chi connectivity index (χ1n) is 8.82. The summed E-state index contributed by atoms with van der Waals surface area (Å²) in [5.41, 5.74) is 1.42. The molecule has 2 aromatic rings. The number of benzene rings is 2. The van der Waals surface area contributed by atoms with Crippen LogP contribution >= 0.6 is 0 Å². The third-order valence-corrected chi connectivity index (χ3v) is 4.95. The van der Waals surface area contributed by atoms with Crippen molar-refractivity contribution in [2.45, 2.75) is 32.2 Å². The van der Waals surface area contributed by atoms with Gasteiger partial charge in [-0.1, -0.05) is 43.3 Å². The summed E-state index contributed by atoms with van der Waals surface area (Å²) in [5.74, 6) is -1.05. The second kappa shape index (κ2) is 7.68. The van der Waals surface area contributed by atoms with Crippen LogP contribution in [0.1, 0.15) is 47.3 Å². The van der Waals surface area contributed by atoms with Gasteiger partial charge in [-0.2, -0.15) is 0 Å². The molecule has 1 aliphatic rings. The molecule has 1 amide bonds. The van der Waals surface area contributed by atoms with Gasteiger partial charge in [-0.05, 0) is 36.5 Å². The van der Waals surface area contributed by atoms with Crippen LogP contribution in [0.3, 0.4) is 0 Å². The molecule has 1 N–H and O–H groups in total. The van der Waals surface area contributed by atoms with Crippen LogP contribution in [0.5, 0.6) is 0 Å². The van der Waals surface area contributed by atoms with E-state index < -0.39 is 5.97 Å². The number of amides is 1. The van der Waals surface area contributed by atoms with Crippen LogP contribution < -0.4 is 0 Å². The molecule has 0 bridgehead atoms.